The van der Waals surface area contributed by atoms with Crippen molar-refractivity contribution in [3.63, 3.8) is 0 Å². The average molecular weight is 292 g/mol. The zero-order chi connectivity index (χ0) is 14.2. The van der Waals surface area contributed by atoms with E-state index in [0.717, 1.165) is 35.5 Å². The largest absolute Gasteiger partial charge is 0.384 e. The number of anilines is 1. The first kappa shape index (κ1) is 13.1. The van der Waals surface area contributed by atoms with Crippen LogP contribution in [0.5, 0.6) is 0 Å². The lowest BCUT2D eigenvalue weighted by molar-refractivity contribution is 0.581. The molecule has 7 heteroatoms. The minimum Gasteiger partial charge on any atom is -0.384 e. The number of nitrogens with zero attached hydrogens (tertiary/aromatic N) is 1. The van der Waals surface area contributed by atoms with Crippen LogP contribution >= 0.6 is 0 Å². The molecule has 1 aromatic heterocycles. The highest BCUT2D eigenvalue weighted by atomic mass is 32.2. The van der Waals surface area contributed by atoms with Crippen molar-refractivity contribution in [3.05, 3.63) is 41.2 Å². The van der Waals surface area contributed by atoms with Gasteiger partial charge < -0.3 is 5.32 Å². The van der Waals surface area contributed by atoms with Crippen molar-refractivity contribution in [1.29, 1.82) is 0 Å². The van der Waals surface area contributed by atoms with Gasteiger partial charge in [0, 0.05) is 30.0 Å². The zero-order valence-corrected chi connectivity index (χ0v) is 11.9. The van der Waals surface area contributed by atoms with Gasteiger partial charge in [-0.1, -0.05) is 0 Å². The number of hydrogen-bond donors (Lipinski definition) is 3. The van der Waals surface area contributed by atoms with Crippen molar-refractivity contribution < 1.29 is 8.42 Å². The summed E-state index contributed by atoms with van der Waals surface area (Å²) in [7, 11) is -3.49. The third-order valence-electron chi connectivity index (χ3n) is 3.48. The number of benzene rings is 1. The van der Waals surface area contributed by atoms with Crippen LogP contribution in [0.2, 0.25) is 0 Å². The molecule has 0 unspecified atom stereocenters. The number of fused-ring (bicyclic) bond motifs is 1. The third kappa shape index (κ3) is 2.41. The van der Waals surface area contributed by atoms with Crippen molar-refractivity contribution >= 4 is 15.7 Å². The Bertz CT molecular complexity index is 737. The van der Waals surface area contributed by atoms with Gasteiger partial charge in [0.05, 0.1) is 11.1 Å². The standard InChI is InChI=1S/C13H16N4O2S/c1-9-11(7-15-17-9)8-16-20(18,19)12-2-3-13-10(6-12)4-5-14-13/h2-3,6-7,14,16H,4-5,8H2,1H3,(H,15,17). The van der Waals surface area contributed by atoms with Crippen LogP contribution in [0.3, 0.4) is 0 Å². The summed E-state index contributed by atoms with van der Waals surface area (Å²) in [5, 5.41) is 9.87. The first-order valence-electron chi connectivity index (χ1n) is 6.41. The Morgan fingerprint density at radius 3 is 3.00 bits per heavy atom. The van der Waals surface area contributed by atoms with Crippen LogP contribution in [0.15, 0.2) is 29.3 Å². The second kappa shape index (κ2) is 4.92. The molecule has 106 valence electrons. The average Bonchev–Trinajstić information content (AvgIpc) is 3.04. The number of rotatable bonds is 4. The molecular formula is C13H16N4O2S. The lowest BCUT2D eigenvalue weighted by Gasteiger charge is -2.08. The lowest BCUT2D eigenvalue weighted by Crippen LogP contribution is -2.23. The fourth-order valence-corrected chi connectivity index (χ4v) is 3.32. The van der Waals surface area contributed by atoms with Crippen LogP contribution in [-0.2, 0) is 23.0 Å². The summed E-state index contributed by atoms with van der Waals surface area (Å²) in [4.78, 5) is 0.307. The molecule has 0 saturated carbocycles. The molecule has 0 atom stereocenters. The maximum Gasteiger partial charge on any atom is 0.240 e. The highest BCUT2D eigenvalue weighted by Gasteiger charge is 2.18. The number of aryl methyl sites for hydroxylation is 1. The number of H-pyrrole nitrogens is 1. The SMILES string of the molecule is Cc1[nH]ncc1CNS(=O)(=O)c1ccc2c(c1)CCN2. The van der Waals surface area contributed by atoms with E-state index in [2.05, 4.69) is 20.2 Å². The minimum atomic E-state index is -3.49. The maximum absolute atomic E-state index is 12.3. The van der Waals surface area contributed by atoms with E-state index in [-0.39, 0.29) is 6.54 Å². The molecule has 3 rings (SSSR count). The topological polar surface area (TPSA) is 86.9 Å². The Kier molecular flexibility index (Phi) is 3.23. The smallest absolute Gasteiger partial charge is 0.240 e. The summed E-state index contributed by atoms with van der Waals surface area (Å²) < 4.78 is 27.2. The summed E-state index contributed by atoms with van der Waals surface area (Å²) in [6.07, 6.45) is 2.49. The third-order valence-corrected chi connectivity index (χ3v) is 4.88. The second-order valence-electron chi connectivity index (χ2n) is 4.84. The maximum atomic E-state index is 12.3. The van der Waals surface area contributed by atoms with Crippen molar-refractivity contribution in [2.75, 3.05) is 11.9 Å². The fourth-order valence-electron chi connectivity index (χ4n) is 2.26. The van der Waals surface area contributed by atoms with Gasteiger partial charge in [-0.05, 0) is 37.1 Å². The van der Waals surface area contributed by atoms with Gasteiger partial charge in [0.25, 0.3) is 0 Å². The molecule has 1 aliphatic heterocycles. The lowest BCUT2D eigenvalue weighted by atomic mass is 10.2. The Labute approximate surface area is 117 Å². The fraction of sp³-hybridized carbons (Fsp3) is 0.308. The minimum absolute atomic E-state index is 0.236. The Hall–Kier alpha value is -1.86. The van der Waals surface area contributed by atoms with Gasteiger partial charge in [0.15, 0.2) is 0 Å². The molecule has 2 heterocycles. The van der Waals surface area contributed by atoms with E-state index in [4.69, 9.17) is 0 Å². The Morgan fingerprint density at radius 2 is 2.25 bits per heavy atom. The van der Waals surface area contributed by atoms with Gasteiger partial charge in [-0.25, -0.2) is 13.1 Å². The molecule has 2 aromatic rings. The normalized spacial score (nSPS) is 14.1. The van der Waals surface area contributed by atoms with Crippen LogP contribution in [0.25, 0.3) is 0 Å². The molecule has 0 saturated heterocycles. The van der Waals surface area contributed by atoms with Gasteiger partial charge in [-0.3, -0.25) is 5.10 Å². The van der Waals surface area contributed by atoms with E-state index >= 15 is 0 Å². The summed E-state index contributed by atoms with van der Waals surface area (Å²) in [6, 6.07) is 5.18. The van der Waals surface area contributed by atoms with Crippen LogP contribution in [0.1, 0.15) is 16.8 Å². The molecule has 20 heavy (non-hydrogen) atoms. The second-order valence-corrected chi connectivity index (χ2v) is 6.61. The van der Waals surface area contributed by atoms with Crippen LogP contribution < -0.4 is 10.0 Å². The summed E-state index contributed by atoms with van der Waals surface area (Å²) >= 11 is 0. The van der Waals surface area contributed by atoms with Gasteiger partial charge in [0.1, 0.15) is 0 Å². The molecule has 0 bridgehead atoms. The summed E-state index contributed by atoms with van der Waals surface area (Å²) in [6.45, 7) is 2.96. The monoisotopic (exact) mass is 292 g/mol. The number of aromatic nitrogens is 2. The van der Waals surface area contributed by atoms with Crippen LogP contribution in [0, 0.1) is 6.92 Å². The van der Waals surface area contributed by atoms with Gasteiger partial charge in [-0.15, -0.1) is 0 Å². The van der Waals surface area contributed by atoms with E-state index in [9.17, 15) is 8.42 Å². The predicted molar refractivity (Wildman–Crippen MR) is 76.0 cm³/mol. The first-order chi connectivity index (χ1) is 9.56. The first-order valence-corrected chi connectivity index (χ1v) is 7.90. The zero-order valence-electron chi connectivity index (χ0n) is 11.1. The van der Waals surface area contributed by atoms with Gasteiger partial charge >= 0.3 is 0 Å². The highest BCUT2D eigenvalue weighted by Crippen LogP contribution is 2.25. The molecule has 1 aliphatic rings. The number of aromatic amines is 1. The van der Waals surface area contributed by atoms with Crippen molar-refractivity contribution in [2.45, 2.75) is 24.8 Å². The molecular weight excluding hydrogens is 276 g/mol. The Morgan fingerprint density at radius 1 is 1.40 bits per heavy atom. The van der Waals surface area contributed by atoms with E-state index in [0.29, 0.717) is 4.90 Å². The molecule has 0 radical (unpaired) electrons. The van der Waals surface area contributed by atoms with Crippen molar-refractivity contribution in [1.82, 2.24) is 14.9 Å². The molecule has 0 spiro atoms. The van der Waals surface area contributed by atoms with Crippen LogP contribution in [0.4, 0.5) is 5.69 Å². The quantitative estimate of drug-likeness (QED) is 0.789. The van der Waals surface area contributed by atoms with E-state index in [1.807, 2.05) is 13.0 Å². The molecule has 1 aromatic carbocycles. The number of sulfonamides is 1. The predicted octanol–water partition coefficient (Wildman–Crippen LogP) is 1.16. The van der Waals surface area contributed by atoms with Gasteiger partial charge in [-0.2, -0.15) is 5.10 Å². The van der Waals surface area contributed by atoms with Gasteiger partial charge in [0.2, 0.25) is 10.0 Å². The number of hydrogen-bond acceptors (Lipinski definition) is 4. The Balaban J connectivity index is 1.80. The van der Waals surface area contributed by atoms with Crippen molar-refractivity contribution in [2.24, 2.45) is 0 Å². The molecule has 3 N–H and O–H groups in total. The number of nitrogens with one attached hydrogen (secondary N) is 3. The van der Waals surface area contributed by atoms with E-state index in [1.165, 1.54) is 0 Å². The van der Waals surface area contributed by atoms with Crippen LogP contribution in [-0.4, -0.2) is 25.2 Å². The summed E-state index contributed by atoms with van der Waals surface area (Å²) in [5.41, 5.74) is 3.78. The molecule has 0 fully saturated rings. The highest BCUT2D eigenvalue weighted by molar-refractivity contribution is 7.89. The molecule has 0 amide bonds. The van der Waals surface area contributed by atoms with E-state index < -0.39 is 10.0 Å². The van der Waals surface area contributed by atoms with E-state index in [1.54, 1.807) is 18.3 Å². The summed E-state index contributed by atoms with van der Waals surface area (Å²) in [5.74, 6) is 0. The molecule has 6 nitrogen and oxygen atoms in total. The van der Waals surface area contributed by atoms with Crippen molar-refractivity contribution in [3.8, 4) is 0 Å². The molecule has 0 aliphatic carbocycles.